The summed E-state index contributed by atoms with van der Waals surface area (Å²) in [5, 5.41) is 21.8. The van der Waals surface area contributed by atoms with E-state index in [9.17, 15) is 19.7 Å². The van der Waals surface area contributed by atoms with Crippen molar-refractivity contribution in [3.05, 3.63) is 27.1 Å². The smallest absolute Gasteiger partial charge is 0.332 e. The van der Waals surface area contributed by atoms with E-state index in [0.29, 0.717) is 12.8 Å². The number of carboxylic acid groups (broad SMARTS) is 1. The van der Waals surface area contributed by atoms with Crippen LogP contribution in [0.4, 0.5) is 5.00 Å². The van der Waals surface area contributed by atoms with Crippen LogP contribution < -0.4 is 5.32 Å². The summed E-state index contributed by atoms with van der Waals surface area (Å²) in [5.41, 5.74) is 0. The van der Waals surface area contributed by atoms with Crippen LogP contribution in [0.25, 0.3) is 0 Å². The second-order valence-corrected chi connectivity index (χ2v) is 5.33. The molecule has 2 rings (SSSR count). The zero-order chi connectivity index (χ0) is 14.7. The van der Waals surface area contributed by atoms with Crippen LogP contribution in [0, 0.1) is 10.1 Å². The first kappa shape index (κ1) is 14.4. The van der Waals surface area contributed by atoms with Crippen LogP contribution in [0.3, 0.4) is 0 Å². The molecule has 2 heterocycles. The largest absolute Gasteiger partial charge is 0.479 e. The van der Waals surface area contributed by atoms with Crippen LogP contribution in [-0.4, -0.2) is 40.7 Å². The molecule has 9 heteroatoms. The number of thiophene rings is 1. The van der Waals surface area contributed by atoms with E-state index in [4.69, 9.17) is 9.84 Å². The molecule has 1 saturated heterocycles. The number of hydrogen-bond donors (Lipinski definition) is 2. The minimum Gasteiger partial charge on any atom is -0.479 e. The highest BCUT2D eigenvalue weighted by Gasteiger charge is 2.30. The first-order chi connectivity index (χ1) is 9.47. The maximum Gasteiger partial charge on any atom is 0.332 e. The minimum atomic E-state index is -1.01. The van der Waals surface area contributed by atoms with Gasteiger partial charge in [0.2, 0.25) is 0 Å². The molecule has 0 bridgehead atoms. The van der Waals surface area contributed by atoms with Gasteiger partial charge in [0.15, 0.2) is 6.10 Å². The Hall–Kier alpha value is -2.00. The van der Waals surface area contributed by atoms with E-state index in [1.165, 1.54) is 12.1 Å². The van der Waals surface area contributed by atoms with Crippen molar-refractivity contribution in [2.24, 2.45) is 0 Å². The number of aliphatic carboxylic acids is 1. The van der Waals surface area contributed by atoms with Crippen LogP contribution in [0.15, 0.2) is 12.1 Å². The number of carboxylic acids is 1. The summed E-state index contributed by atoms with van der Waals surface area (Å²) in [6.07, 6.45) is -0.183. The number of amides is 1. The van der Waals surface area contributed by atoms with Crippen LogP contribution in [0.5, 0.6) is 0 Å². The summed E-state index contributed by atoms with van der Waals surface area (Å²) in [5.74, 6) is -1.43. The molecule has 0 radical (unpaired) electrons. The van der Waals surface area contributed by atoms with Crippen molar-refractivity contribution in [2.45, 2.75) is 25.0 Å². The number of nitro groups is 1. The monoisotopic (exact) mass is 300 g/mol. The molecule has 1 aromatic rings. The summed E-state index contributed by atoms with van der Waals surface area (Å²) >= 11 is 0.791. The number of ether oxygens (including phenoxy) is 1. The maximum atomic E-state index is 11.8. The summed E-state index contributed by atoms with van der Waals surface area (Å²) in [6, 6.07) is 2.65. The summed E-state index contributed by atoms with van der Waals surface area (Å²) < 4.78 is 5.23. The van der Waals surface area contributed by atoms with Crippen molar-refractivity contribution < 1.29 is 24.4 Å². The van der Waals surface area contributed by atoms with Gasteiger partial charge in [-0.25, -0.2) is 4.79 Å². The van der Waals surface area contributed by atoms with Crippen molar-refractivity contribution in [3.63, 3.8) is 0 Å². The molecule has 108 valence electrons. The van der Waals surface area contributed by atoms with E-state index in [1.807, 2.05) is 0 Å². The van der Waals surface area contributed by atoms with Gasteiger partial charge in [0.25, 0.3) is 5.91 Å². The standard InChI is InChI=1S/C11H12N2O6S/c14-10(8-3-4-9(20-8)13(17)18)12-5-6-1-2-7(19-6)11(15)16/h3-4,6-7H,1-2,5H2,(H,12,14)(H,15,16). The fourth-order valence-electron chi connectivity index (χ4n) is 1.88. The van der Waals surface area contributed by atoms with E-state index < -0.39 is 22.9 Å². The molecule has 1 amide bonds. The normalized spacial score (nSPS) is 21.6. The fraction of sp³-hybridized carbons (Fsp3) is 0.455. The number of carbonyl (C=O) groups is 2. The van der Waals surface area contributed by atoms with E-state index in [1.54, 1.807) is 0 Å². The van der Waals surface area contributed by atoms with Gasteiger partial charge in [-0.15, -0.1) is 0 Å². The predicted molar refractivity (Wildman–Crippen MR) is 68.8 cm³/mol. The molecule has 0 spiro atoms. The summed E-state index contributed by atoms with van der Waals surface area (Å²) in [7, 11) is 0. The van der Waals surface area contributed by atoms with E-state index in [-0.39, 0.29) is 22.5 Å². The SMILES string of the molecule is O=C(NCC1CCC(C(=O)O)O1)c1ccc([N+](=O)[O-])s1. The molecule has 0 saturated carbocycles. The van der Waals surface area contributed by atoms with Gasteiger partial charge in [-0.3, -0.25) is 14.9 Å². The first-order valence-electron chi connectivity index (χ1n) is 5.88. The molecule has 1 aromatic heterocycles. The van der Waals surface area contributed by atoms with Gasteiger partial charge in [-0.05, 0) is 18.9 Å². The van der Waals surface area contributed by atoms with Crippen molar-refractivity contribution in [2.75, 3.05) is 6.54 Å². The quantitative estimate of drug-likeness (QED) is 0.619. The number of nitrogens with zero attached hydrogens (tertiary/aromatic N) is 1. The van der Waals surface area contributed by atoms with Gasteiger partial charge in [0, 0.05) is 12.6 Å². The highest BCUT2D eigenvalue weighted by Crippen LogP contribution is 2.24. The number of nitrogens with one attached hydrogen (secondary N) is 1. The second-order valence-electron chi connectivity index (χ2n) is 4.27. The Morgan fingerprint density at radius 2 is 2.25 bits per heavy atom. The molecular weight excluding hydrogens is 288 g/mol. The third-order valence-corrected chi connectivity index (χ3v) is 3.90. The average molecular weight is 300 g/mol. The molecule has 2 unspecified atom stereocenters. The maximum absolute atomic E-state index is 11.8. The van der Waals surface area contributed by atoms with Crippen molar-refractivity contribution in [1.29, 1.82) is 0 Å². The zero-order valence-electron chi connectivity index (χ0n) is 10.3. The lowest BCUT2D eigenvalue weighted by molar-refractivity contribution is -0.380. The topological polar surface area (TPSA) is 119 Å². The Balaban J connectivity index is 1.83. The van der Waals surface area contributed by atoms with Gasteiger partial charge in [-0.1, -0.05) is 11.3 Å². The predicted octanol–water partition coefficient (Wildman–Crippen LogP) is 1.02. The third-order valence-electron chi connectivity index (χ3n) is 2.87. The molecule has 0 aliphatic carbocycles. The van der Waals surface area contributed by atoms with Crippen LogP contribution >= 0.6 is 11.3 Å². The van der Waals surface area contributed by atoms with Crippen molar-refractivity contribution in [1.82, 2.24) is 5.32 Å². The Kier molecular flexibility index (Phi) is 4.30. The molecule has 1 aliphatic heterocycles. The van der Waals surface area contributed by atoms with Crippen molar-refractivity contribution in [3.8, 4) is 0 Å². The van der Waals surface area contributed by atoms with Crippen LogP contribution in [0.1, 0.15) is 22.5 Å². The molecule has 1 aliphatic rings. The molecule has 2 atom stereocenters. The van der Waals surface area contributed by atoms with Gasteiger partial charge in [0.05, 0.1) is 15.9 Å². The molecule has 20 heavy (non-hydrogen) atoms. The van der Waals surface area contributed by atoms with Gasteiger partial charge < -0.3 is 15.2 Å². The first-order valence-corrected chi connectivity index (χ1v) is 6.69. The van der Waals surface area contributed by atoms with E-state index >= 15 is 0 Å². The van der Waals surface area contributed by atoms with E-state index in [2.05, 4.69) is 5.32 Å². The lowest BCUT2D eigenvalue weighted by atomic mass is 10.2. The molecule has 2 N–H and O–H groups in total. The second kappa shape index (κ2) is 5.97. The minimum absolute atomic E-state index is 0.0989. The highest BCUT2D eigenvalue weighted by molar-refractivity contribution is 7.17. The lowest BCUT2D eigenvalue weighted by Gasteiger charge is -2.11. The lowest BCUT2D eigenvalue weighted by Crippen LogP contribution is -2.32. The van der Waals surface area contributed by atoms with E-state index in [0.717, 1.165) is 11.3 Å². The average Bonchev–Trinajstić information content (AvgIpc) is 3.05. The molecule has 1 fully saturated rings. The van der Waals surface area contributed by atoms with Gasteiger partial charge in [0.1, 0.15) is 0 Å². The van der Waals surface area contributed by atoms with Crippen molar-refractivity contribution >= 4 is 28.2 Å². The fourth-order valence-corrected chi connectivity index (χ4v) is 2.62. The Labute approximate surface area is 117 Å². The number of carbonyl (C=O) groups excluding carboxylic acids is 1. The van der Waals surface area contributed by atoms with Crippen LogP contribution in [0.2, 0.25) is 0 Å². The zero-order valence-corrected chi connectivity index (χ0v) is 11.1. The summed E-state index contributed by atoms with van der Waals surface area (Å²) in [6.45, 7) is 0.189. The van der Waals surface area contributed by atoms with Gasteiger partial charge >= 0.3 is 11.0 Å². The van der Waals surface area contributed by atoms with Gasteiger partial charge in [-0.2, -0.15) is 0 Å². The van der Waals surface area contributed by atoms with Crippen LogP contribution in [-0.2, 0) is 9.53 Å². The molecular formula is C11H12N2O6S. The Morgan fingerprint density at radius 1 is 1.50 bits per heavy atom. The number of hydrogen-bond acceptors (Lipinski definition) is 6. The Morgan fingerprint density at radius 3 is 2.80 bits per heavy atom. The number of rotatable bonds is 5. The highest BCUT2D eigenvalue weighted by atomic mass is 32.1. The molecule has 8 nitrogen and oxygen atoms in total. The third kappa shape index (κ3) is 3.31. The Bertz CT molecular complexity index is 543. The summed E-state index contributed by atoms with van der Waals surface area (Å²) in [4.78, 5) is 32.7. The molecule has 0 aromatic carbocycles.